The number of ketones is 2. The molecule has 1 heterocycles. The zero-order valence-electron chi connectivity index (χ0n) is 13.1. The average molecular weight is 291 g/mol. The number of rotatable bonds is 4. The minimum absolute atomic E-state index is 0.0512. The van der Waals surface area contributed by atoms with Crippen molar-refractivity contribution in [3.63, 3.8) is 0 Å². The highest BCUT2D eigenvalue weighted by atomic mass is 16.5. The lowest BCUT2D eigenvalue weighted by Crippen LogP contribution is -2.52. The summed E-state index contributed by atoms with van der Waals surface area (Å²) in [6, 6.07) is 9.29. The SMILES string of the molecule is CC1(C(=O)c2ccccc2)CNCCO1.CCC(=O)CC. The van der Waals surface area contributed by atoms with E-state index in [0.29, 0.717) is 37.3 Å². The number of nitrogens with one attached hydrogen (secondary N) is 1. The Kier molecular flexibility index (Phi) is 7.26. The van der Waals surface area contributed by atoms with Gasteiger partial charge in [-0.25, -0.2) is 0 Å². The Bertz CT molecular complexity index is 444. The van der Waals surface area contributed by atoms with Gasteiger partial charge >= 0.3 is 0 Å². The van der Waals surface area contributed by atoms with Crippen molar-refractivity contribution >= 4 is 11.6 Å². The monoisotopic (exact) mass is 291 g/mol. The Hall–Kier alpha value is -1.52. The normalized spacial score (nSPS) is 21.1. The molecule has 1 aromatic rings. The van der Waals surface area contributed by atoms with Gasteiger partial charge in [0.25, 0.3) is 0 Å². The fourth-order valence-corrected chi connectivity index (χ4v) is 2.02. The van der Waals surface area contributed by atoms with Crippen LogP contribution >= 0.6 is 0 Å². The van der Waals surface area contributed by atoms with E-state index in [1.807, 2.05) is 51.1 Å². The maximum Gasteiger partial charge on any atom is 0.195 e. The number of morpholine rings is 1. The molecule has 4 nitrogen and oxygen atoms in total. The second-order valence-corrected chi connectivity index (χ2v) is 5.20. The van der Waals surface area contributed by atoms with E-state index in [9.17, 15) is 9.59 Å². The van der Waals surface area contributed by atoms with Gasteiger partial charge in [-0.05, 0) is 6.92 Å². The van der Waals surface area contributed by atoms with Crippen LogP contribution in [0.4, 0.5) is 0 Å². The summed E-state index contributed by atoms with van der Waals surface area (Å²) in [5.74, 6) is 0.394. The molecular formula is C17H25NO3. The van der Waals surface area contributed by atoms with Crippen LogP contribution in [0.3, 0.4) is 0 Å². The first-order chi connectivity index (χ1) is 10.0. The Morgan fingerprint density at radius 2 is 1.81 bits per heavy atom. The van der Waals surface area contributed by atoms with Gasteiger partial charge in [0.15, 0.2) is 5.78 Å². The molecule has 1 aliphatic rings. The molecule has 0 aromatic heterocycles. The van der Waals surface area contributed by atoms with Gasteiger partial charge < -0.3 is 10.1 Å². The highest BCUT2D eigenvalue weighted by Crippen LogP contribution is 2.18. The molecule has 1 aromatic carbocycles. The maximum atomic E-state index is 12.2. The number of hydrogen-bond donors (Lipinski definition) is 1. The molecular weight excluding hydrogens is 266 g/mol. The largest absolute Gasteiger partial charge is 0.364 e. The summed E-state index contributed by atoms with van der Waals surface area (Å²) in [5.41, 5.74) is 0.00303. The van der Waals surface area contributed by atoms with Crippen LogP contribution in [0.25, 0.3) is 0 Å². The lowest BCUT2D eigenvalue weighted by atomic mass is 9.93. The van der Waals surface area contributed by atoms with Crippen LogP contribution < -0.4 is 5.32 Å². The molecule has 116 valence electrons. The van der Waals surface area contributed by atoms with Crippen molar-refractivity contribution in [3.8, 4) is 0 Å². The molecule has 0 spiro atoms. The lowest BCUT2D eigenvalue weighted by Gasteiger charge is -2.32. The number of carbonyl (C=O) groups excluding carboxylic acids is 2. The van der Waals surface area contributed by atoms with Gasteiger partial charge in [0.05, 0.1) is 6.61 Å². The van der Waals surface area contributed by atoms with Crippen molar-refractivity contribution in [1.29, 1.82) is 0 Å². The zero-order chi connectivity index (χ0) is 15.7. The van der Waals surface area contributed by atoms with Gasteiger partial charge in [0.1, 0.15) is 11.4 Å². The van der Waals surface area contributed by atoms with Crippen LogP contribution in [0.2, 0.25) is 0 Å². The Morgan fingerprint density at radius 1 is 1.19 bits per heavy atom. The maximum absolute atomic E-state index is 12.2. The highest BCUT2D eigenvalue weighted by molar-refractivity contribution is 6.02. The second kappa shape index (κ2) is 8.70. The first-order valence-electron chi connectivity index (χ1n) is 7.49. The molecule has 0 bridgehead atoms. The minimum atomic E-state index is -0.709. The standard InChI is InChI=1S/C12H15NO2.C5H10O/c1-12(9-13-7-8-15-12)11(14)10-5-3-2-4-6-10;1-3-5(6)4-2/h2-6,13H,7-9H2,1H3;3-4H2,1-2H3. The Morgan fingerprint density at radius 3 is 2.24 bits per heavy atom. The zero-order valence-corrected chi connectivity index (χ0v) is 13.1. The van der Waals surface area contributed by atoms with Gasteiger partial charge in [0, 0.05) is 31.5 Å². The molecule has 1 fully saturated rings. The third-order valence-electron chi connectivity index (χ3n) is 3.47. The van der Waals surface area contributed by atoms with Crippen LogP contribution in [0, 0.1) is 0 Å². The first kappa shape index (κ1) is 17.5. The molecule has 0 amide bonds. The summed E-state index contributed by atoms with van der Waals surface area (Å²) in [4.78, 5) is 22.3. The molecule has 1 atom stereocenters. The van der Waals surface area contributed by atoms with Crippen molar-refractivity contribution < 1.29 is 14.3 Å². The van der Waals surface area contributed by atoms with Crippen LogP contribution in [0.15, 0.2) is 30.3 Å². The number of carbonyl (C=O) groups is 2. The third-order valence-corrected chi connectivity index (χ3v) is 3.47. The van der Waals surface area contributed by atoms with E-state index in [0.717, 1.165) is 6.54 Å². The minimum Gasteiger partial charge on any atom is -0.364 e. The van der Waals surface area contributed by atoms with Gasteiger partial charge in [-0.3, -0.25) is 9.59 Å². The van der Waals surface area contributed by atoms with E-state index in [4.69, 9.17) is 4.74 Å². The summed E-state index contributed by atoms with van der Waals surface area (Å²) < 4.78 is 5.57. The molecule has 1 aliphatic heterocycles. The number of benzene rings is 1. The fourth-order valence-electron chi connectivity index (χ4n) is 2.02. The van der Waals surface area contributed by atoms with Gasteiger partial charge in [-0.1, -0.05) is 44.2 Å². The van der Waals surface area contributed by atoms with Gasteiger partial charge in [0.2, 0.25) is 0 Å². The van der Waals surface area contributed by atoms with E-state index in [2.05, 4.69) is 5.32 Å². The molecule has 1 saturated heterocycles. The van der Waals surface area contributed by atoms with E-state index < -0.39 is 5.60 Å². The van der Waals surface area contributed by atoms with E-state index in [1.54, 1.807) is 0 Å². The van der Waals surface area contributed by atoms with Crippen molar-refractivity contribution in [3.05, 3.63) is 35.9 Å². The lowest BCUT2D eigenvalue weighted by molar-refractivity contribution is -0.118. The molecule has 2 rings (SSSR count). The van der Waals surface area contributed by atoms with E-state index >= 15 is 0 Å². The predicted molar refractivity (Wildman–Crippen MR) is 83.6 cm³/mol. The third kappa shape index (κ3) is 5.40. The number of hydrogen-bond acceptors (Lipinski definition) is 4. The molecule has 0 saturated carbocycles. The Balaban J connectivity index is 0.000000315. The van der Waals surface area contributed by atoms with Crippen molar-refractivity contribution in [1.82, 2.24) is 5.32 Å². The molecule has 0 radical (unpaired) electrons. The smallest absolute Gasteiger partial charge is 0.195 e. The van der Waals surface area contributed by atoms with Gasteiger partial charge in [-0.2, -0.15) is 0 Å². The van der Waals surface area contributed by atoms with Gasteiger partial charge in [-0.15, -0.1) is 0 Å². The second-order valence-electron chi connectivity index (χ2n) is 5.20. The highest BCUT2D eigenvalue weighted by Gasteiger charge is 2.36. The summed E-state index contributed by atoms with van der Waals surface area (Å²) >= 11 is 0. The molecule has 0 aliphatic carbocycles. The topological polar surface area (TPSA) is 55.4 Å². The summed E-state index contributed by atoms with van der Waals surface area (Å²) in [7, 11) is 0. The van der Waals surface area contributed by atoms with E-state index in [1.165, 1.54) is 0 Å². The predicted octanol–water partition coefficient (Wildman–Crippen LogP) is 2.62. The first-order valence-corrected chi connectivity index (χ1v) is 7.49. The molecule has 1 N–H and O–H groups in total. The number of ether oxygens (including phenoxy) is 1. The number of Topliss-reactive ketones (excluding diaryl/α,β-unsaturated/α-hetero) is 2. The van der Waals surface area contributed by atoms with Crippen LogP contribution in [-0.2, 0) is 9.53 Å². The quantitative estimate of drug-likeness (QED) is 0.866. The molecule has 4 heteroatoms. The van der Waals surface area contributed by atoms with Crippen molar-refractivity contribution in [2.45, 2.75) is 39.2 Å². The van der Waals surface area contributed by atoms with Crippen LogP contribution in [0.1, 0.15) is 44.0 Å². The molecule has 21 heavy (non-hydrogen) atoms. The Labute approximate surface area is 126 Å². The summed E-state index contributed by atoms with van der Waals surface area (Å²) in [6.45, 7) is 7.60. The van der Waals surface area contributed by atoms with E-state index in [-0.39, 0.29) is 5.78 Å². The summed E-state index contributed by atoms with van der Waals surface area (Å²) in [6.07, 6.45) is 1.38. The van der Waals surface area contributed by atoms with Crippen molar-refractivity contribution in [2.24, 2.45) is 0 Å². The average Bonchev–Trinajstić information content (AvgIpc) is 2.55. The fraction of sp³-hybridized carbons (Fsp3) is 0.529. The van der Waals surface area contributed by atoms with Crippen LogP contribution in [0.5, 0.6) is 0 Å². The van der Waals surface area contributed by atoms with Crippen LogP contribution in [-0.4, -0.2) is 36.9 Å². The van der Waals surface area contributed by atoms with Crippen molar-refractivity contribution in [2.75, 3.05) is 19.7 Å². The molecule has 1 unspecified atom stereocenters. The summed E-state index contributed by atoms with van der Waals surface area (Å²) in [5, 5.41) is 3.18.